The fourth-order valence-corrected chi connectivity index (χ4v) is 3.93. The molecule has 3 aromatic rings. The Morgan fingerprint density at radius 1 is 1.10 bits per heavy atom. The van der Waals surface area contributed by atoms with Crippen LogP contribution in [0.5, 0.6) is 11.5 Å². The molecule has 0 saturated heterocycles. The van der Waals surface area contributed by atoms with Crippen molar-refractivity contribution < 1.29 is 14.3 Å². The topological polar surface area (TPSA) is 93.5 Å². The number of carbonyl (C=O) groups excluding carboxylic acids is 1. The number of ether oxygens (including phenoxy) is 2. The molecule has 156 valence electrons. The van der Waals surface area contributed by atoms with Crippen molar-refractivity contribution in [3.05, 3.63) is 59.7 Å². The molecule has 4 rings (SSSR count). The molecule has 0 bridgehead atoms. The maximum Gasteiger partial charge on any atom is 0.195 e. The number of ketones is 1. The summed E-state index contributed by atoms with van der Waals surface area (Å²) in [5, 5.41) is 0. The number of hydrogen-bond donors (Lipinski definition) is 2. The van der Waals surface area contributed by atoms with Crippen LogP contribution in [0.2, 0.25) is 0 Å². The molecule has 7 heteroatoms. The van der Waals surface area contributed by atoms with Crippen molar-refractivity contribution in [1.29, 1.82) is 0 Å². The van der Waals surface area contributed by atoms with Crippen molar-refractivity contribution in [3.63, 3.8) is 0 Å². The molecule has 30 heavy (non-hydrogen) atoms. The molecule has 1 aromatic heterocycles. The summed E-state index contributed by atoms with van der Waals surface area (Å²) in [6.45, 7) is 4.36. The Kier molecular flexibility index (Phi) is 4.89. The van der Waals surface area contributed by atoms with Gasteiger partial charge in [-0.1, -0.05) is 12.1 Å². The van der Waals surface area contributed by atoms with E-state index in [1.54, 1.807) is 14.2 Å². The number of hydrogen-bond acceptors (Lipinski definition) is 6. The van der Waals surface area contributed by atoms with Crippen LogP contribution in [0, 0.1) is 0 Å². The summed E-state index contributed by atoms with van der Waals surface area (Å²) in [4.78, 5) is 23.0. The van der Waals surface area contributed by atoms with Crippen LogP contribution in [-0.2, 0) is 11.2 Å². The van der Waals surface area contributed by atoms with Crippen LogP contribution in [0.15, 0.2) is 48.3 Å². The number of aromatic amines is 1. The summed E-state index contributed by atoms with van der Waals surface area (Å²) in [6.07, 6.45) is 0.679. The van der Waals surface area contributed by atoms with E-state index in [1.807, 2.05) is 61.2 Å². The second-order valence-electron chi connectivity index (χ2n) is 7.87. The Hall–Kier alpha value is -3.48. The summed E-state index contributed by atoms with van der Waals surface area (Å²) in [5.74, 6) is 2.37. The van der Waals surface area contributed by atoms with Crippen LogP contribution in [0.4, 0.5) is 0 Å². The van der Waals surface area contributed by atoms with Crippen molar-refractivity contribution in [2.75, 3.05) is 20.8 Å². The number of carbonyl (C=O) groups is 1. The van der Waals surface area contributed by atoms with E-state index < -0.39 is 5.54 Å². The van der Waals surface area contributed by atoms with Crippen molar-refractivity contribution in [1.82, 2.24) is 14.9 Å². The average Bonchev–Trinajstić information content (AvgIpc) is 3.23. The van der Waals surface area contributed by atoms with Gasteiger partial charge < -0.3 is 25.1 Å². The van der Waals surface area contributed by atoms with Gasteiger partial charge in [-0.3, -0.25) is 4.79 Å². The standard InChI is InChI=1S/C23H26N4O3/c1-23(2)20(28)19(22-25-17-7-5-6-8-18(17)26-22)21(24)27(23)10-9-14-11-15(29-3)13-16(12-14)30-4/h5-8,11-13H,9-10,24H2,1-4H3,(H,25,26). The minimum atomic E-state index is -0.763. The number of aromatic nitrogens is 2. The summed E-state index contributed by atoms with van der Waals surface area (Å²) in [5.41, 5.74) is 8.90. The van der Waals surface area contributed by atoms with Crippen molar-refractivity contribution >= 4 is 22.4 Å². The number of para-hydroxylation sites is 2. The lowest BCUT2D eigenvalue weighted by Crippen LogP contribution is -2.46. The summed E-state index contributed by atoms with van der Waals surface area (Å²) < 4.78 is 10.7. The Labute approximate surface area is 175 Å². The Balaban J connectivity index is 1.65. The first-order valence-electron chi connectivity index (χ1n) is 9.84. The first kappa shape index (κ1) is 19.8. The van der Waals surface area contributed by atoms with E-state index >= 15 is 0 Å². The molecule has 0 saturated carbocycles. The maximum absolute atomic E-state index is 13.3. The number of nitrogens with two attached hydrogens (primary N) is 1. The number of Topliss-reactive ketones (excluding diaryl/α,β-unsaturated/α-hetero) is 1. The first-order valence-corrected chi connectivity index (χ1v) is 9.84. The predicted molar refractivity (Wildman–Crippen MR) is 116 cm³/mol. The molecule has 1 aliphatic rings. The molecule has 1 aliphatic heterocycles. The van der Waals surface area contributed by atoms with Crippen LogP contribution in [0.3, 0.4) is 0 Å². The van der Waals surface area contributed by atoms with E-state index in [-0.39, 0.29) is 5.78 Å². The van der Waals surface area contributed by atoms with Crippen LogP contribution < -0.4 is 15.2 Å². The van der Waals surface area contributed by atoms with Gasteiger partial charge in [0.1, 0.15) is 28.7 Å². The van der Waals surface area contributed by atoms with E-state index in [1.165, 1.54) is 0 Å². The minimum Gasteiger partial charge on any atom is -0.497 e. The van der Waals surface area contributed by atoms with Gasteiger partial charge in [-0.25, -0.2) is 4.98 Å². The molecule has 0 aliphatic carbocycles. The average molecular weight is 406 g/mol. The minimum absolute atomic E-state index is 0.0396. The molecule has 2 heterocycles. The SMILES string of the molecule is COc1cc(CCN2C(N)=C(c3nc4ccccc4[nH]3)C(=O)C2(C)C)cc(OC)c1. The molecule has 7 nitrogen and oxygen atoms in total. The monoisotopic (exact) mass is 406 g/mol. The van der Waals surface area contributed by atoms with E-state index in [2.05, 4.69) is 9.97 Å². The molecule has 0 unspecified atom stereocenters. The van der Waals surface area contributed by atoms with E-state index in [0.717, 1.165) is 28.1 Å². The number of nitrogens with one attached hydrogen (secondary N) is 1. The predicted octanol–water partition coefficient (Wildman–Crippen LogP) is 3.11. The molecule has 2 aromatic carbocycles. The third-order valence-electron chi connectivity index (χ3n) is 5.67. The van der Waals surface area contributed by atoms with E-state index in [4.69, 9.17) is 15.2 Å². The second-order valence-corrected chi connectivity index (χ2v) is 7.87. The van der Waals surface area contributed by atoms with Gasteiger partial charge in [0, 0.05) is 12.6 Å². The van der Waals surface area contributed by atoms with Gasteiger partial charge in [-0.05, 0) is 50.1 Å². The zero-order valence-electron chi connectivity index (χ0n) is 17.7. The molecule has 0 amide bonds. The van der Waals surface area contributed by atoms with Gasteiger partial charge in [0.25, 0.3) is 0 Å². The van der Waals surface area contributed by atoms with Crippen molar-refractivity contribution in [2.24, 2.45) is 5.73 Å². The van der Waals surface area contributed by atoms with Gasteiger partial charge in [0.2, 0.25) is 0 Å². The fourth-order valence-electron chi connectivity index (χ4n) is 3.93. The summed E-state index contributed by atoms with van der Waals surface area (Å²) >= 11 is 0. The molecule has 0 atom stereocenters. The van der Waals surface area contributed by atoms with Crippen LogP contribution in [-0.4, -0.2) is 47.0 Å². The second kappa shape index (κ2) is 7.40. The number of rotatable bonds is 6. The Bertz CT molecular complexity index is 1090. The van der Waals surface area contributed by atoms with Crippen LogP contribution >= 0.6 is 0 Å². The van der Waals surface area contributed by atoms with Gasteiger partial charge >= 0.3 is 0 Å². The van der Waals surface area contributed by atoms with Crippen molar-refractivity contribution in [2.45, 2.75) is 25.8 Å². The number of methoxy groups -OCH3 is 2. The highest BCUT2D eigenvalue weighted by Crippen LogP contribution is 2.36. The molecule has 0 spiro atoms. The van der Waals surface area contributed by atoms with Crippen molar-refractivity contribution in [3.8, 4) is 11.5 Å². The lowest BCUT2D eigenvalue weighted by atomic mass is 9.96. The number of H-pyrrole nitrogens is 1. The molecule has 0 fully saturated rings. The number of nitrogens with zero attached hydrogens (tertiary/aromatic N) is 2. The quantitative estimate of drug-likeness (QED) is 0.653. The Morgan fingerprint density at radius 2 is 1.77 bits per heavy atom. The molecule has 0 radical (unpaired) electrons. The third kappa shape index (κ3) is 3.26. The summed E-state index contributed by atoms with van der Waals surface area (Å²) in [7, 11) is 3.25. The normalized spacial score (nSPS) is 15.9. The number of fused-ring (bicyclic) bond motifs is 1. The highest BCUT2D eigenvalue weighted by molar-refractivity contribution is 6.27. The zero-order valence-corrected chi connectivity index (χ0v) is 17.7. The molecular formula is C23H26N4O3. The lowest BCUT2D eigenvalue weighted by Gasteiger charge is -2.33. The van der Waals surface area contributed by atoms with E-state index in [9.17, 15) is 4.79 Å². The first-order chi connectivity index (χ1) is 14.3. The number of imidazole rings is 1. The van der Waals surface area contributed by atoms with Gasteiger partial charge in [-0.2, -0.15) is 0 Å². The van der Waals surface area contributed by atoms with Crippen LogP contribution in [0.25, 0.3) is 16.6 Å². The smallest absolute Gasteiger partial charge is 0.195 e. The zero-order chi connectivity index (χ0) is 21.5. The van der Waals surface area contributed by atoms with Gasteiger partial charge in [-0.15, -0.1) is 0 Å². The molecular weight excluding hydrogens is 380 g/mol. The highest BCUT2D eigenvalue weighted by Gasteiger charge is 2.46. The Morgan fingerprint density at radius 3 is 2.40 bits per heavy atom. The molecule has 3 N–H and O–H groups in total. The third-order valence-corrected chi connectivity index (χ3v) is 5.67. The lowest BCUT2D eigenvalue weighted by molar-refractivity contribution is -0.120. The van der Waals surface area contributed by atoms with E-state index in [0.29, 0.717) is 30.2 Å². The van der Waals surface area contributed by atoms with Gasteiger partial charge in [0.15, 0.2) is 5.78 Å². The summed E-state index contributed by atoms with van der Waals surface area (Å²) in [6, 6.07) is 13.4. The maximum atomic E-state index is 13.3. The van der Waals surface area contributed by atoms with Crippen LogP contribution in [0.1, 0.15) is 25.2 Å². The number of benzene rings is 2. The highest BCUT2D eigenvalue weighted by atomic mass is 16.5. The fraction of sp³-hybridized carbons (Fsp3) is 0.304. The largest absolute Gasteiger partial charge is 0.497 e. The van der Waals surface area contributed by atoms with Gasteiger partial charge in [0.05, 0.1) is 30.8 Å².